The van der Waals surface area contributed by atoms with E-state index in [1.807, 2.05) is 0 Å². The van der Waals surface area contributed by atoms with E-state index < -0.39 is 5.97 Å². The van der Waals surface area contributed by atoms with E-state index in [2.05, 4.69) is 5.32 Å². The van der Waals surface area contributed by atoms with Crippen molar-refractivity contribution in [3.8, 4) is 5.75 Å². The summed E-state index contributed by atoms with van der Waals surface area (Å²) in [6, 6.07) is 13.5. The van der Waals surface area contributed by atoms with Crippen molar-refractivity contribution in [1.82, 2.24) is 5.32 Å². The van der Waals surface area contributed by atoms with E-state index in [-0.39, 0.29) is 24.9 Å². The number of benzene rings is 2. The summed E-state index contributed by atoms with van der Waals surface area (Å²) in [5, 5.41) is 2.79. The van der Waals surface area contributed by atoms with Crippen molar-refractivity contribution in [3.63, 3.8) is 0 Å². The quantitative estimate of drug-likeness (QED) is 0.708. The van der Waals surface area contributed by atoms with Crippen molar-refractivity contribution in [2.75, 3.05) is 31.7 Å². The van der Waals surface area contributed by atoms with Crippen molar-refractivity contribution >= 4 is 23.5 Å². The number of para-hydroxylation sites is 1. The molecule has 1 N–H and O–H groups in total. The van der Waals surface area contributed by atoms with Gasteiger partial charge in [-0.25, -0.2) is 4.79 Å². The Morgan fingerprint density at radius 2 is 1.71 bits per heavy atom. The van der Waals surface area contributed by atoms with Gasteiger partial charge in [0.1, 0.15) is 5.75 Å². The molecule has 0 aromatic heterocycles. The van der Waals surface area contributed by atoms with Gasteiger partial charge in [0.2, 0.25) is 5.91 Å². The van der Waals surface area contributed by atoms with Crippen LogP contribution in [0.2, 0.25) is 0 Å². The average molecular weight is 384 g/mol. The van der Waals surface area contributed by atoms with E-state index in [4.69, 9.17) is 9.47 Å². The zero-order chi connectivity index (χ0) is 20.5. The van der Waals surface area contributed by atoms with Gasteiger partial charge < -0.3 is 19.7 Å². The lowest BCUT2D eigenvalue weighted by Gasteiger charge is -2.21. The van der Waals surface area contributed by atoms with Gasteiger partial charge in [0.25, 0.3) is 5.91 Å². The molecule has 2 aromatic carbocycles. The fourth-order valence-corrected chi connectivity index (χ4v) is 2.67. The molecule has 0 atom stereocenters. The lowest BCUT2D eigenvalue weighted by atomic mass is 10.2. The van der Waals surface area contributed by atoms with Gasteiger partial charge in [-0.2, -0.15) is 0 Å². The van der Waals surface area contributed by atoms with E-state index in [1.54, 1.807) is 55.5 Å². The summed E-state index contributed by atoms with van der Waals surface area (Å²) in [5.41, 5.74) is 1.48. The molecule has 0 saturated carbocycles. The third kappa shape index (κ3) is 5.33. The second kappa shape index (κ2) is 10.1. The number of hydrogen-bond donors (Lipinski definition) is 1. The molecule has 0 heterocycles. The highest BCUT2D eigenvalue weighted by atomic mass is 16.5. The van der Waals surface area contributed by atoms with Crippen LogP contribution in [0, 0.1) is 0 Å². The average Bonchev–Trinajstić information content (AvgIpc) is 2.71. The highest BCUT2D eigenvalue weighted by Gasteiger charge is 2.15. The van der Waals surface area contributed by atoms with E-state index in [1.165, 1.54) is 18.9 Å². The fraction of sp³-hybridized carbons (Fsp3) is 0.286. The molecule has 7 heteroatoms. The summed E-state index contributed by atoms with van der Waals surface area (Å²) in [5.74, 6) is -0.375. The SMILES string of the molecule is CCOC(=O)c1ccc(N(CCNC(=O)c2ccccc2OC)C(C)=O)cc1. The highest BCUT2D eigenvalue weighted by Crippen LogP contribution is 2.18. The van der Waals surface area contributed by atoms with Crippen molar-refractivity contribution < 1.29 is 23.9 Å². The molecule has 0 bridgehead atoms. The Hall–Kier alpha value is -3.35. The number of anilines is 1. The summed E-state index contributed by atoms with van der Waals surface area (Å²) in [6.45, 7) is 4.03. The minimum absolute atomic E-state index is 0.171. The number of nitrogens with one attached hydrogen (secondary N) is 1. The second-order valence-corrected chi connectivity index (χ2v) is 5.89. The van der Waals surface area contributed by atoms with Crippen molar-refractivity contribution in [3.05, 3.63) is 59.7 Å². The van der Waals surface area contributed by atoms with Gasteiger partial charge in [-0.3, -0.25) is 9.59 Å². The monoisotopic (exact) mass is 384 g/mol. The molecule has 2 aromatic rings. The van der Waals surface area contributed by atoms with Crippen LogP contribution in [0.3, 0.4) is 0 Å². The van der Waals surface area contributed by atoms with E-state index >= 15 is 0 Å². The van der Waals surface area contributed by atoms with Crippen LogP contribution in [0.5, 0.6) is 5.75 Å². The summed E-state index contributed by atoms with van der Waals surface area (Å²) in [7, 11) is 1.50. The minimum atomic E-state index is -0.410. The first kappa shape index (κ1) is 21.0. The zero-order valence-electron chi connectivity index (χ0n) is 16.2. The maximum atomic E-state index is 12.3. The third-order valence-corrected chi connectivity index (χ3v) is 4.04. The van der Waals surface area contributed by atoms with Gasteiger partial charge in [-0.1, -0.05) is 12.1 Å². The van der Waals surface area contributed by atoms with Gasteiger partial charge in [0, 0.05) is 25.7 Å². The molecule has 7 nitrogen and oxygen atoms in total. The Bertz CT molecular complexity index is 833. The van der Waals surface area contributed by atoms with Crippen LogP contribution in [0.25, 0.3) is 0 Å². The molecule has 0 aliphatic heterocycles. The lowest BCUT2D eigenvalue weighted by molar-refractivity contribution is -0.116. The van der Waals surface area contributed by atoms with Crippen LogP contribution in [0.1, 0.15) is 34.6 Å². The summed E-state index contributed by atoms with van der Waals surface area (Å²) in [4.78, 5) is 37.6. The van der Waals surface area contributed by atoms with Crippen molar-refractivity contribution in [2.24, 2.45) is 0 Å². The largest absolute Gasteiger partial charge is 0.496 e. The van der Waals surface area contributed by atoms with Crippen LogP contribution in [0.15, 0.2) is 48.5 Å². The molecule has 0 aliphatic carbocycles. The Balaban J connectivity index is 2.00. The Morgan fingerprint density at radius 3 is 2.32 bits per heavy atom. The first-order valence-electron chi connectivity index (χ1n) is 8.94. The molecule has 0 radical (unpaired) electrons. The van der Waals surface area contributed by atoms with E-state index in [0.29, 0.717) is 29.2 Å². The number of esters is 1. The molecular formula is C21H24N2O5. The highest BCUT2D eigenvalue weighted by molar-refractivity contribution is 5.97. The van der Waals surface area contributed by atoms with Crippen molar-refractivity contribution in [2.45, 2.75) is 13.8 Å². The summed E-state index contributed by atoms with van der Waals surface area (Å²) < 4.78 is 10.1. The molecule has 0 fully saturated rings. The standard InChI is InChI=1S/C21H24N2O5/c1-4-28-21(26)16-9-11-17(12-10-16)23(15(2)24)14-13-22-20(25)18-7-5-6-8-19(18)27-3/h5-12H,4,13-14H2,1-3H3,(H,22,25). The zero-order valence-corrected chi connectivity index (χ0v) is 16.2. The molecule has 0 aliphatic rings. The molecule has 28 heavy (non-hydrogen) atoms. The van der Waals surface area contributed by atoms with Crippen LogP contribution in [0.4, 0.5) is 5.69 Å². The number of nitrogens with zero attached hydrogens (tertiary/aromatic N) is 1. The van der Waals surface area contributed by atoms with Crippen LogP contribution < -0.4 is 15.0 Å². The molecule has 148 valence electrons. The van der Waals surface area contributed by atoms with E-state index in [9.17, 15) is 14.4 Å². The first-order chi connectivity index (χ1) is 13.5. The fourth-order valence-electron chi connectivity index (χ4n) is 2.67. The van der Waals surface area contributed by atoms with E-state index in [0.717, 1.165) is 0 Å². The smallest absolute Gasteiger partial charge is 0.338 e. The molecule has 0 saturated heterocycles. The Labute approximate surface area is 164 Å². The number of rotatable bonds is 8. The van der Waals surface area contributed by atoms with Crippen LogP contribution in [-0.4, -0.2) is 44.6 Å². The van der Waals surface area contributed by atoms with Crippen LogP contribution in [-0.2, 0) is 9.53 Å². The van der Waals surface area contributed by atoms with Gasteiger partial charge in [0.15, 0.2) is 0 Å². The second-order valence-electron chi connectivity index (χ2n) is 5.89. The third-order valence-electron chi connectivity index (χ3n) is 4.04. The number of carbonyl (C=O) groups excluding carboxylic acids is 3. The van der Waals surface area contributed by atoms with Crippen molar-refractivity contribution in [1.29, 1.82) is 0 Å². The van der Waals surface area contributed by atoms with Gasteiger partial charge >= 0.3 is 5.97 Å². The molecule has 2 rings (SSSR count). The van der Waals surface area contributed by atoms with Gasteiger partial charge in [0.05, 0.1) is 24.8 Å². The maximum Gasteiger partial charge on any atom is 0.338 e. The number of hydrogen-bond acceptors (Lipinski definition) is 5. The maximum absolute atomic E-state index is 12.3. The number of amides is 2. The molecular weight excluding hydrogens is 360 g/mol. The number of methoxy groups -OCH3 is 1. The summed E-state index contributed by atoms with van der Waals surface area (Å²) >= 11 is 0. The van der Waals surface area contributed by atoms with Gasteiger partial charge in [-0.15, -0.1) is 0 Å². The predicted molar refractivity (Wildman–Crippen MR) is 106 cm³/mol. The number of ether oxygens (including phenoxy) is 2. The normalized spacial score (nSPS) is 10.1. The topological polar surface area (TPSA) is 84.9 Å². The summed E-state index contributed by atoms with van der Waals surface area (Å²) in [6.07, 6.45) is 0. The Kier molecular flexibility index (Phi) is 7.56. The van der Waals surface area contributed by atoms with Crippen LogP contribution >= 0.6 is 0 Å². The minimum Gasteiger partial charge on any atom is -0.496 e. The molecule has 0 unspecified atom stereocenters. The predicted octanol–water partition coefficient (Wildman–Crippen LogP) is 2.65. The molecule has 2 amide bonds. The Morgan fingerprint density at radius 1 is 1.04 bits per heavy atom. The first-order valence-corrected chi connectivity index (χ1v) is 8.94. The lowest BCUT2D eigenvalue weighted by Crippen LogP contribution is -2.37. The molecule has 0 spiro atoms. The van der Waals surface area contributed by atoms with Gasteiger partial charge in [-0.05, 0) is 43.3 Å². The number of carbonyl (C=O) groups is 3.